The number of carbonyl (C=O) groups is 2. The molecule has 0 bridgehead atoms. The zero-order valence-electron chi connectivity index (χ0n) is 14.3. The molecule has 1 aromatic rings. The minimum atomic E-state index is -0.109. The number of benzene rings is 1. The third-order valence-corrected chi connectivity index (χ3v) is 4.43. The lowest BCUT2D eigenvalue weighted by Gasteiger charge is -2.29. The molecule has 1 aromatic carbocycles. The Labute approximate surface area is 149 Å². The first-order valence-electron chi connectivity index (χ1n) is 8.08. The van der Waals surface area contributed by atoms with Crippen molar-refractivity contribution in [2.75, 3.05) is 26.7 Å². The zero-order chi connectivity index (χ0) is 16.8. The second-order valence-electron chi connectivity index (χ2n) is 6.01. The molecule has 3 amide bonds. The van der Waals surface area contributed by atoms with E-state index >= 15 is 0 Å². The Morgan fingerprint density at radius 1 is 1.33 bits per heavy atom. The van der Waals surface area contributed by atoms with Gasteiger partial charge in [-0.15, -0.1) is 12.4 Å². The highest BCUT2D eigenvalue weighted by Gasteiger charge is 2.20. The van der Waals surface area contributed by atoms with E-state index in [2.05, 4.69) is 17.4 Å². The number of nitrogens with zero attached hydrogens (tertiary/aromatic N) is 2. The largest absolute Gasteiger partial charge is 0.342 e. The standard InChI is InChI=1S/C17H26N4O2.ClH/c1-13(11-18)20(2)16(22)7-9-19-17(23)21-10-8-14-5-3-4-6-15(14)12-21;/h3-6,13H,7-12,18H2,1-2H3,(H,19,23);1H. The van der Waals surface area contributed by atoms with Crippen molar-refractivity contribution in [2.45, 2.75) is 32.4 Å². The number of likely N-dealkylation sites (N-methyl/N-ethyl adjacent to an activating group) is 1. The molecule has 0 radical (unpaired) electrons. The number of nitrogens with one attached hydrogen (secondary N) is 1. The van der Waals surface area contributed by atoms with Crippen molar-refractivity contribution in [3.8, 4) is 0 Å². The molecule has 1 unspecified atom stereocenters. The third-order valence-electron chi connectivity index (χ3n) is 4.43. The van der Waals surface area contributed by atoms with Gasteiger partial charge in [-0.3, -0.25) is 4.79 Å². The Balaban J connectivity index is 0.00000288. The first-order valence-corrected chi connectivity index (χ1v) is 8.08. The van der Waals surface area contributed by atoms with E-state index in [0.717, 1.165) is 6.42 Å². The van der Waals surface area contributed by atoms with Crippen molar-refractivity contribution >= 4 is 24.3 Å². The number of fused-ring (bicyclic) bond motifs is 1. The maximum atomic E-state index is 12.2. The summed E-state index contributed by atoms with van der Waals surface area (Å²) in [7, 11) is 1.74. The van der Waals surface area contributed by atoms with Gasteiger partial charge >= 0.3 is 6.03 Å². The first-order chi connectivity index (χ1) is 11.0. The van der Waals surface area contributed by atoms with E-state index < -0.39 is 0 Å². The fourth-order valence-corrected chi connectivity index (χ4v) is 2.64. The summed E-state index contributed by atoms with van der Waals surface area (Å²) in [6.07, 6.45) is 1.16. The van der Waals surface area contributed by atoms with E-state index in [4.69, 9.17) is 5.73 Å². The van der Waals surface area contributed by atoms with Gasteiger partial charge in [-0.2, -0.15) is 0 Å². The normalized spacial score (nSPS) is 14.2. The summed E-state index contributed by atoms with van der Waals surface area (Å²) in [5.41, 5.74) is 8.06. The van der Waals surface area contributed by atoms with Crippen LogP contribution in [0.4, 0.5) is 4.79 Å². The van der Waals surface area contributed by atoms with E-state index in [0.29, 0.717) is 26.2 Å². The summed E-state index contributed by atoms with van der Waals surface area (Å²) < 4.78 is 0. The number of halogens is 1. The molecule has 3 N–H and O–H groups in total. The average molecular weight is 355 g/mol. The predicted octanol–water partition coefficient (Wildman–Crippen LogP) is 1.37. The monoisotopic (exact) mass is 354 g/mol. The Hall–Kier alpha value is -1.79. The van der Waals surface area contributed by atoms with Gasteiger partial charge in [-0.25, -0.2) is 4.79 Å². The first kappa shape index (κ1) is 20.3. The number of carbonyl (C=O) groups excluding carboxylic acids is 2. The van der Waals surface area contributed by atoms with Crippen LogP contribution in [0.1, 0.15) is 24.5 Å². The molecule has 0 aliphatic carbocycles. The van der Waals surface area contributed by atoms with Crippen molar-refractivity contribution < 1.29 is 9.59 Å². The topological polar surface area (TPSA) is 78.7 Å². The fraction of sp³-hybridized carbons (Fsp3) is 0.529. The second kappa shape index (κ2) is 9.49. The molecule has 1 aliphatic heterocycles. The third kappa shape index (κ3) is 5.11. The molecule has 24 heavy (non-hydrogen) atoms. The molecule has 134 valence electrons. The van der Waals surface area contributed by atoms with Crippen LogP contribution in [0.3, 0.4) is 0 Å². The lowest BCUT2D eigenvalue weighted by Crippen LogP contribution is -2.45. The molecule has 1 atom stereocenters. The summed E-state index contributed by atoms with van der Waals surface area (Å²) in [6, 6.07) is 8.09. The number of amides is 3. The maximum absolute atomic E-state index is 12.2. The number of rotatable bonds is 5. The van der Waals surface area contributed by atoms with Crippen LogP contribution >= 0.6 is 12.4 Å². The molecule has 6 nitrogen and oxygen atoms in total. The maximum Gasteiger partial charge on any atom is 0.317 e. The molecule has 0 fully saturated rings. The van der Waals surface area contributed by atoms with Gasteiger partial charge in [0.05, 0.1) is 0 Å². The molecule has 7 heteroatoms. The molecule has 0 spiro atoms. The lowest BCUT2D eigenvalue weighted by atomic mass is 10.0. The summed E-state index contributed by atoms with van der Waals surface area (Å²) >= 11 is 0. The second-order valence-corrected chi connectivity index (χ2v) is 6.01. The smallest absolute Gasteiger partial charge is 0.317 e. The highest BCUT2D eigenvalue weighted by atomic mass is 35.5. The van der Waals surface area contributed by atoms with Crippen LogP contribution in [-0.4, -0.2) is 54.5 Å². The van der Waals surface area contributed by atoms with E-state index in [9.17, 15) is 9.59 Å². The van der Waals surface area contributed by atoms with E-state index in [1.165, 1.54) is 11.1 Å². The van der Waals surface area contributed by atoms with Gasteiger partial charge in [-0.1, -0.05) is 24.3 Å². The molecule has 1 heterocycles. The average Bonchev–Trinajstić information content (AvgIpc) is 2.59. The summed E-state index contributed by atoms with van der Waals surface area (Å²) in [5, 5.41) is 2.83. The Bertz CT molecular complexity index is 567. The fourth-order valence-electron chi connectivity index (χ4n) is 2.64. The van der Waals surface area contributed by atoms with Crippen LogP contribution in [0, 0.1) is 0 Å². The summed E-state index contributed by atoms with van der Waals surface area (Å²) in [6.45, 7) is 4.02. The van der Waals surface area contributed by atoms with Crippen LogP contribution in [0.2, 0.25) is 0 Å². The highest BCUT2D eigenvalue weighted by Crippen LogP contribution is 2.18. The van der Waals surface area contributed by atoms with Crippen molar-refractivity contribution in [2.24, 2.45) is 5.73 Å². The van der Waals surface area contributed by atoms with E-state index in [-0.39, 0.29) is 36.8 Å². The minimum absolute atomic E-state index is 0. The molecular formula is C17H27ClN4O2. The Kier molecular flexibility index (Phi) is 8.01. The van der Waals surface area contributed by atoms with Gasteiger partial charge in [0.2, 0.25) is 5.91 Å². The summed E-state index contributed by atoms with van der Waals surface area (Å²) in [5.74, 6) is -0.00719. The van der Waals surface area contributed by atoms with Gasteiger partial charge in [-0.05, 0) is 24.5 Å². The van der Waals surface area contributed by atoms with Gasteiger partial charge in [0, 0.05) is 45.7 Å². The Morgan fingerprint density at radius 3 is 2.67 bits per heavy atom. The lowest BCUT2D eigenvalue weighted by molar-refractivity contribution is -0.131. The quantitative estimate of drug-likeness (QED) is 0.838. The van der Waals surface area contributed by atoms with Crippen LogP contribution in [0.25, 0.3) is 0 Å². The van der Waals surface area contributed by atoms with Crippen LogP contribution in [-0.2, 0) is 17.8 Å². The molecule has 2 rings (SSSR count). The SMILES string of the molecule is CC(CN)N(C)C(=O)CCNC(=O)N1CCc2ccccc2C1.Cl. The number of hydrogen-bond donors (Lipinski definition) is 2. The Morgan fingerprint density at radius 2 is 2.00 bits per heavy atom. The van der Waals surface area contributed by atoms with Crippen LogP contribution < -0.4 is 11.1 Å². The number of urea groups is 1. The van der Waals surface area contributed by atoms with Crippen molar-refractivity contribution in [3.63, 3.8) is 0 Å². The van der Waals surface area contributed by atoms with Crippen molar-refractivity contribution in [1.29, 1.82) is 0 Å². The molecule has 0 saturated carbocycles. The van der Waals surface area contributed by atoms with E-state index in [1.807, 2.05) is 19.1 Å². The van der Waals surface area contributed by atoms with Crippen LogP contribution in [0.5, 0.6) is 0 Å². The molecular weight excluding hydrogens is 328 g/mol. The molecule has 0 saturated heterocycles. The van der Waals surface area contributed by atoms with Crippen molar-refractivity contribution in [1.82, 2.24) is 15.1 Å². The van der Waals surface area contributed by atoms with Gasteiger partial charge < -0.3 is 20.9 Å². The van der Waals surface area contributed by atoms with Crippen LogP contribution in [0.15, 0.2) is 24.3 Å². The number of nitrogens with two attached hydrogens (primary N) is 1. The highest BCUT2D eigenvalue weighted by molar-refractivity contribution is 5.85. The van der Waals surface area contributed by atoms with E-state index in [1.54, 1.807) is 16.8 Å². The van der Waals surface area contributed by atoms with Gasteiger partial charge in [0.15, 0.2) is 0 Å². The van der Waals surface area contributed by atoms with Crippen molar-refractivity contribution in [3.05, 3.63) is 35.4 Å². The zero-order valence-corrected chi connectivity index (χ0v) is 15.1. The minimum Gasteiger partial charge on any atom is -0.342 e. The van der Waals surface area contributed by atoms with Gasteiger partial charge in [0.25, 0.3) is 0 Å². The van der Waals surface area contributed by atoms with Gasteiger partial charge in [0.1, 0.15) is 0 Å². The number of hydrogen-bond acceptors (Lipinski definition) is 3. The summed E-state index contributed by atoms with van der Waals surface area (Å²) in [4.78, 5) is 27.6. The molecule has 1 aliphatic rings. The predicted molar refractivity (Wildman–Crippen MR) is 97.1 cm³/mol. The molecule has 0 aromatic heterocycles.